The minimum Gasteiger partial charge on any atom is -0.385 e. The number of hydrogen-bond acceptors (Lipinski definition) is 3. The fourth-order valence-electron chi connectivity index (χ4n) is 2.52. The predicted molar refractivity (Wildman–Crippen MR) is 68.4 cm³/mol. The molecular weight excluding hydrogens is 271 g/mol. The summed E-state index contributed by atoms with van der Waals surface area (Å²) in [5.74, 6) is -0.752. The molecule has 1 aliphatic heterocycles. The van der Waals surface area contributed by atoms with Crippen LogP contribution in [0.4, 0.5) is 13.2 Å². The summed E-state index contributed by atoms with van der Waals surface area (Å²) < 4.78 is 45.4. The van der Waals surface area contributed by atoms with Crippen molar-refractivity contribution in [2.24, 2.45) is 0 Å². The number of imidazole rings is 1. The van der Waals surface area contributed by atoms with E-state index >= 15 is 0 Å². The Hall–Kier alpha value is -1.08. The largest absolute Gasteiger partial charge is 0.449 e. The smallest absolute Gasteiger partial charge is 0.385 e. The van der Waals surface area contributed by atoms with E-state index in [1.54, 1.807) is 7.11 Å². The number of nitrogens with zero attached hydrogens (tertiary/aromatic N) is 2. The standard InChI is InChI=1S/C13H20F3N3O/c1-20-8-4-2-3-7-19-11-5-6-17-9-10(11)18-12(19)13(14,15)16/h17H,2-9H2,1H3. The predicted octanol–water partition coefficient (Wildman–Crippen LogP) is 2.36. The summed E-state index contributed by atoms with van der Waals surface area (Å²) in [6, 6.07) is 0. The summed E-state index contributed by atoms with van der Waals surface area (Å²) in [6.45, 7) is 2.16. The van der Waals surface area contributed by atoms with E-state index < -0.39 is 12.0 Å². The van der Waals surface area contributed by atoms with Crippen LogP contribution >= 0.6 is 0 Å². The number of unbranched alkanes of at least 4 members (excludes halogenated alkanes) is 2. The summed E-state index contributed by atoms with van der Waals surface area (Å²) in [5, 5.41) is 3.06. The average molecular weight is 291 g/mol. The summed E-state index contributed by atoms with van der Waals surface area (Å²) in [7, 11) is 1.63. The van der Waals surface area contributed by atoms with Gasteiger partial charge in [-0.25, -0.2) is 4.98 Å². The highest BCUT2D eigenvalue weighted by Gasteiger charge is 2.38. The monoisotopic (exact) mass is 291 g/mol. The Morgan fingerprint density at radius 2 is 2.10 bits per heavy atom. The normalized spacial score (nSPS) is 15.4. The van der Waals surface area contributed by atoms with Crippen molar-refractivity contribution in [1.29, 1.82) is 0 Å². The van der Waals surface area contributed by atoms with Crippen LogP contribution in [0.5, 0.6) is 0 Å². The van der Waals surface area contributed by atoms with Gasteiger partial charge in [0.2, 0.25) is 5.82 Å². The molecule has 0 bridgehead atoms. The zero-order valence-electron chi connectivity index (χ0n) is 11.6. The van der Waals surface area contributed by atoms with E-state index in [2.05, 4.69) is 10.3 Å². The lowest BCUT2D eigenvalue weighted by Gasteiger charge is -2.16. The molecule has 114 valence electrons. The summed E-state index contributed by atoms with van der Waals surface area (Å²) in [4.78, 5) is 3.79. The van der Waals surface area contributed by atoms with Crippen LogP contribution in [-0.4, -0.2) is 29.8 Å². The topological polar surface area (TPSA) is 39.1 Å². The second-order valence-electron chi connectivity index (χ2n) is 4.96. The van der Waals surface area contributed by atoms with Gasteiger partial charge in [0.25, 0.3) is 0 Å². The number of hydrogen-bond donors (Lipinski definition) is 1. The molecular formula is C13H20F3N3O. The lowest BCUT2D eigenvalue weighted by Crippen LogP contribution is -2.25. The van der Waals surface area contributed by atoms with Crippen molar-refractivity contribution >= 4 is 0 Å². The van der Waals surface area contributed by atoms with E-state index in [0.29, 0.717) is 44.8 Å². The fourth-order valence-corrected chi connectivity index (χ4v) is 2.52. The number of methoxy groups -OCH3 is 1. The maximum absolute atomic E-state index is 13.0. The first kappa shape index (κ1) is 15.3. The molecule has 0 aromatic carbocycles. The third-order valence-corrected chi connectivity index (χ3v) is 3.47. The molecule has 1 aliphatic rings. The molecule has 1 N–H and O–H groups in total. The number of rotatable bonds is 6. The Morgan fingerprint density at radius 3 is 2.80 bits per heavy atom. The molecule has 0 unspecified atom stereocenters. The third kappa shape index (κ3) is 3.52. The summed E-state index contributed by atoms with van der Waals surface area (Å²) >= 11 is 0. The first-order valence-electron chi connectivity index (χ1n) is 6.89. The van der Waals surface area contributed by atoms with Crippen molar-refractivity contribution in [3.8, 4) is 0 Å². The van der Waals surface area contributed by atoms with E-state index in [0.717, 1.165) is 18.5 Å². The molecule has 1 aromatic heterocycles. The first-order valence-corrected chi connectivity index (χ1v) is 6.89. The Balaban J connectivity index is 2.10. The van der Waals surface area contributed by atoms with Crippen molar-refractivity contribution in [1.82, 2.24) is 14.9 Å². The minimum atomic E-state index is -4.39. The number of ether oxygens (including phenoxy) is 1. The van der Waals surface area contributed by atoms with Gasteiger partial charge in [0.05, 0.1) is 5.69 Å². The Labute approximate surface area is 116 Å². The van der Waals surface area contributed by atoms with Crippen molar-refractivity contribution < 1.29 is 17.9 Å². The number of halogens is 3. The van der Waals surface area contributed by atoms with Crippen LogP contribution in [0.1, 0.15) is 36.5 Å². The van der Waals surface area contributed by atoms with Gasteiger partial charge < -0.3 is 14.6 Å². The van der Waals surface area contributed by atoms with Crippen LogP contribution in [0.25, 0.3) is 0 Å². The average Bonchev–Trinajstić information content (AvgIpc) is 2.78. The van der Waals surface area contributed by atoms with Gasteiger partial charge in [-0.3, -0.25) is 0 Å². The second-order valence-corrected chi connectivity index (χ2v) is 4.96. The zero-order chi connectivity index (χ0) is 14.6. The molecule has 0 saturated heterocycles. The Bertz CT molecular complexity index is 443. The van der Waals surface area contributed by atoms with Crippen molar-refractivity contribution in [3.63, 3.8) is 0 Å². The molecule has 0 fully saturated rings. The van der Waals surface area contributed by atoms with Crippen LogP contribution in [0, 0.1) is 0 Å². The maximum atomic E-state index is 13.0. The van der Waals surface area contributed by atoms with Gasteiger partial charge in [-0.05, 0) is 19.3 Å². The molecule has 2 rings (SSSR count). The van der Waals surface area contributed by atoms with Gasteiger partial charge in [-0.2, -0.15) is 13.2 Å². The first-order chi connectivity index (χ1) is 9.54. The van der Waals surface area contributed by atoms with Crippen molar-refractivity contribution in [2.75, 3.05) is 20.3 Å². The Kier molecular flexibility index (Phi) is 5.04. The number of nitrogens with one attached hydrogen (secondary N) is 1. The zero-order valence-corrected chi connectivity index (χ0v) is 11.6. The van der Waals surface area contributed by atoms with E-state index in [1.165, 1.54) is 4.57 Å². The number of aromatic nitrogens is 2. The van der Waals surface area contributed by atoms with E-state index in [9.17, 15) is 13.2 Å². The SMILES string of the molecule is COCCCCCn1c(C(F)(F)F)nc2c1CCNC2. The highest BCUT2D eigenvalue weighted by Crippen LogP contribution is 2.31. The molecule has 0 aliphatic carbocycles. The molecule has 2 heterocycles. The molecule has 7 heteroatoms. The van der Waals surface area contributed by atoms with E-state index in [-0.39, 0.29) is 0 Å². The van der Waals surface area contributed by atoms with E-state index in [1.807, 2.05) is 0 Å². The molecule has 0 radical (unpaired) electrons. The maximum Gasteiger partial charge on any atom is 0.449 e. The van der Waals surface area contributed by atoms with Gasteiger partial charge >= 0.3 is 6.18 Å². The molecule has 1 aromatic rings. The quantitative estimate of drug-likeness (QED) is 0.818. The molecule has 0 atom stereocenters. The van der Waals surface area contributed by atoms with Crippen LogP contribution in [0.15, 0.2) is 0 Å². The summed E-state index contributed by atoms with van der Waals surface area (Å²) in [6.07, 6.45) is -1.34. The van der Waals surface area contributed by atoms with Gasteiger partial charge in [-0.15, -0.1) is 0 Å². The van der Waals surface area contributed by atoms with Gasteiger partial charge in [0.15, 0.2) is 0 Å². The third-order valence-electron chi connectivity index (χ3n) is 3.47. The second kappa shape index (κ2) is 6.58. The van der Waals surface area contributed by atoms with Gasteiger partial charge in [0, 0.05) is 45.5 Å². The van der Waals surface area contributed by atoms with Crippen LogP contribution in [0.3, 0.4) is 0 Å². The minimum absolute atomic E-state index is 0.376. The highest BCUT2D eigenvalue weighted by molar-refractivity contribution is 5.21. The summed E-state index contributed by atoms with van der Waals surface area (Å²) in [5.41, 5.74) is 1.28. The van der Waals surface area contributed by atoms with Crippen LogP contribution in [0.2, 0.25) is 0 Å². The lowest BCUT2D eigenvalue weighted by atomic mass is 10.1. The van der Waals surface area contributed by atoms with Crippen molar-refractivity contribution in [3.05, 3.63) is 17.2 Å². The molecule has 0 spiro atoms. The molecule has 20 heavy (non-hydrogen) atoms. The highest BCUT2D eigenvalue weighted by atomic mass is 19.4. The van der Waals surface area contributed by atoms with E-state index in [4.69, 9.17) is 4.74 Å². The Morgan fingerprint density at radius 1 is 1.30 bits per heavy atom. The number of fused-ring (bicyclic) bond motifs is 1. The van der Waals surface area contributed by atoms with Gasteiger partial charge in [0.1, 0.15) is 0 Å². The molecule has 4 nitrogen and oxygen atoms in total. The van der Waals surface area contributed by atoms with Crippen LogP contribution < -0.4 is 5.32 Å². The molecule has 0 amide bonds. The van der Waals surface area contributed by atoms with Gasteiger partial charge in [-0.1, -0.05) is 0 Å². The molecule has 0 saturated carbocycles. The lowest BCUT2D eigenvalue weighted by molar-refractivity contribution is -0.147. The van der Waals surface area contributed by atoms with Crippen molar-refractivity contribution in [2.45, 2.75) is 44.9 Å². The van der Waals surface area contributed by atoms with Crippen LogP contribution in [-0.2, 0) is 30.4 Å². The fraction of sp³-hybridized carbons (Fsp3) is 0.769. The number of alkyl halides is 3.